The van der Waals surface area contributed by atoms with Crippen molar-refractivity contribution in [3.05, 3.63) is 58.8 Å². The Balaban J connectivity index is 2.35. The topological polar surface area (TPSA) is 50.3 Å². The molecule has 106 valence electrons. The Kier molecular flexibility index (Phi) is 4.57. The van der Waals surface area contributed by atoms with Gasteiger partial charge in [0.1, 0.15) is 4.90 Å². The molecule has 2 rings (SSSR count). The van der Waals surface area contributed by atoms with Crippen LogP contribution < -0.4 is 0 Å². The molecular weight excluding hydrogens is 340 g/mol. The fourth-order valence-electron chi connectivity index (χ4n) is 1.85. The monoisotopic (exact) mass is 354 g/mol. The molecule has 2 aromatic rings. The summed E-state index contributed by atoms with van der Waals surface area (Å²) < 4.78 is 27.1. The van der Waals surface area contributed by atoms with E-state index in [1.165, 1.54) is 10.5 Å². The largest absolute Gasteiger partial charge is 0.262 e. The van der Waals surface area contributed by atoms with Crippen molar-refractivity contribution in [1.82, 2.24) is 9.29 Å². The predicted molar refractivity (Wildman–Crippen MR) is 81.7 cm³/mol. The Morgan fingerprint density at radius 2 is 1.85 bits per heavy atom. The molecule has 1 heterocycles. The summed E-state index contributed by atoms with van der Waals surface area (Å²) in [4.78, 5) is 4.09. The number of nitrogens with zero attached hydrogens (tertiary/aromatic N) is 2. The molecule has 0 radical (unpaired) electrons. The van der Waals surface area contributed by atoms with E-state index in [4.69, 9.17) is 0 Å². The van der Waals surface area contributed by atoms with Crippen LogP contribution in [0.3, 0.4) is 0 Å². The second-order valence-corrected chi connectivity index (χ2v) is 7.36. The second kappa shape index (κ2) is 6.03. The van der Waals surface area contributed by atoms with E-state index in [-0.39, 0.29) is 10.9 Å². The van der Waals surface area contributed by atoms with Crippen LogP contribution in [0.1, 0.15) is 18.5 Å². The average Bonchev–Trinajstić information content (AvgIpc) is 2.46. The van der Waals surface area contributed by atoms with E-state index in [0.29, 0.717) is 4.47 Å². The minimum absolute atomic E-state index is 0.178. The molecule has 0 bridgehead atoms. The summed E-state index contributed by atoms with van der Waals surface area (Å²) in [5.74, 6) is 0. The van der Waals surface area contributed by atoms with Crippen molar-refractivity contribution in [2.24, 2.45) is 0 Å². The number of hydrogen-bond acceptors (Lipinski definition) is 3. The van der Waals surface area contributed by atoms with E-state index in [2.05, 4.69) is 20.9 Å². The van der Waals surface area contributed by atoms with Gasteiger partial charge in [0.25, 0.3) is 0 Å². The zero-order valence-electron chi connectivity index (χ0n) is 11.2. The third-order valence-electron chi connectivity index (χ3n) is 3.18. The highest BCUT2D eigenvalue weighted by Crippen LogP contribution is 2.26. The van der Waals surface area contributed by atoms with Crippen LogP contribution in [-0.4, -0.2) is 24.8 Å². The van der Waals surface area contributed by atoms with Gasteiger partial charge in [-0.25, -0.2) is 8.42 Å². The maximum Gasteiger partial charge on any atom is 0.244 e. The lowest BCUT2D eigenvalue weighted by molar-refractivity contribution is 0.398. The Morgan fingerprint density at radius 1 is 1.20 bits per heavy atom. The zero-order valence-corrected chi connectivity index (χ0v) is 13.6. The molecule has 0 saturated heterocycles. The molecule has 0 aliphatic rings. The lowest BCUT2D eigenvalue weighted by Crippen LogP contribution is -2.29. The number of aromatic nitrogens is 1. The minimum atomic E-state index is -3.57. The van der Waals surface area contributed by atoms with Gasteiger partial charge < -0.3 is 0 Å². The van der Waals surface area contributed by atoms with Crippen molar-refractivity contribution in [3.8, 4) is 0 Å². The summed E-state index contributed by atoms with van der Waals surface area (Å²) in [7, 11) is -1.99. The minimum Gasteiger partial charge on any atom is -0.262 e. The maximum absolute atomic E-state index is 12.6. The first kappa shape index (κ1) is 15.2. The number of rotatable bonds is 4. The fraction of sp³-hybridized carbons (Fsp3) is 0.214. The molecule has 0 aliphatic carbocycles. The number of hydrogen-bond donors (Lipinski definition) is 0. The number of halogens is 1. The fourth-order valence-corrected chi connectivity index (χ4v) is 3.71. The second-order valence-electron chi connectivity index (χ2n) is 4.45. The van der Waals surface area contributed by atoms with Crippen molar-refractivity contribution in [2.45, 2.75) is 17.9 Å². The van der Waals surface area contributed by atoms with Crippen LogP contribution in [0.5, 0.6) is 0 Å². The lowest BCUT2D eigenvalue weighted by atomic mass is 10.1. The molecule has 0 amide bonds. The Hall–Kier alpha value is -1.24. The SMILES string of the molecule is CC(c1ccccc1)N(C)S(=O)(=O)c1cncc(Br)c1. The molecule has 4 nitrogen and oxygen atoms in total. The molecule has 0 aliphatic heterocycles. The average molecular weight is 355 g/mol. The van der Waals surface area contributed by atoms with Crippen LogP contribution in [0, 0.1) is 0 Å². The van der Waals surface area contributed by atoms with Gasteiger partial charge in [-0.2, -0.15) is 4.31 Å². The highest BCUT2D eigenvalue weighted by atomic mass is 79.9. The standard InChI is InChI=1S/C14H15BrN2O2S/c1-11(12-6-4-3-5-7-12)17(2)20(18,19)14-8-13(15)9-16-10-14/h3-11H,1-2H3. The highest BCUT2D eigenvalue weighted by molar-refractivity contribution is 9.10. The molecule has 0 saturated carbocycles. The highest BCUT2D eigenvalue weighted by Gasteiger charge is 2.26. The molecule has 0 fully saturated rings. The normalized spacial score (nSPS) is 13.4. The van der Waals surface area contributed by atoms with Gasteiger partial charge in [0.15, 0.2) is 0 Å². The molecular formula is C14H15BrN2O2S. The van der Waals surface area contributed by atoms with Gasteiger partial charge in [-0.3, -0.25) is 4.98 Å². The molecule has 0 N–H and O–H groups in total. The van der Waals surface area contributed by atoms with Gasteiger partial charge in [0.05, 0.1) is 0 Å². The summed E-state index contributed by atoms with van der Waals surface area (Å²) in [5, 5.41) is 0. The molecule has 1 aromatic heterocycles. The first-order valence-corrected chi connectivity index (χ1v) is 8.30. The number of benzene rings is 1. The van der Waals surface area contributed by atoms with Gasteiger partial charge in [-0.15, -0.1) is 0 Å². The van der Waals surface area contributed by atoms with Crippen molar-refractivity contribution in [1.29, 1.82) is 0 Å². The van der Waals surface area contributed by atoms with Gasteiger partial charge in [-0.05, 0) is 34.5 Å². The third kappa shape index (κ3) is 3.08. The molecule has 1 unspecified atom stereocenters. The number of pyridine rings is 1. The summed E-state index contributed by atoms with van der Waals surface area (Å²) in [6, 6.07) is 10.8. The van der Waals surface area contributed by atoms with Crippen LogP contribution in [0.2, 0.25) is 0 Å². The van der Waals surface area contributed by atoms with Crippen LogP contribution in [0.25, 0.3) is 0 Å². The Bertz CT molecular complexity index is 689. The van der Waals surface area contributed by atoms with Crippen molar-refractivity contribution in [2.75, 3.05) is 7.05 Å². The molecule has 1 atom stereocenters. The van der Waals surface area contributed by atoms with Gasteiger partial charge in [0, 0.05) is 30.0 Å². The summed E-state index contributed by atoms with van der Waals surface area (Å²) in [6.07, 6.45) is 2.91. The smallest absolute Gasteiger partial charge is 0.244 e. The summed E-state index contributed by atoms with van der Waals surface area (Å²) in [5.41, 5.74) is 0.946. The van der Waals surface area contributed by atoms with Gasteiger partial charge in [-0.1, -0.05) is 30.3 Å². The summed E-state index contributed by atoms with van der Waals surface area (Å²) >= 11 is 3.24. The van der Waals surface area contributed by atoms with E-state index in [1.807, 2.05) is 37.3 Å². The first-order chi connectivity index (χ1) is 9.43. The predicted octanol–water partition coefficient (Wildman–Crippen LogP) is 3.23. The Morgan fingerprint density at radius 3 is 2.45 bits per heavy atom. The first-order valence-electron chi connectivity index (χ1n) is 6.06. The van der Waals surface area contributed by atoms with Crippen LogP contribution in [0.4, 0.5) is 0 Å². The van der Waals surface area contributed by atoms with Crippen molar-refractivity contribution < 1.29 is 8.42 Å². The van der Waals surface area contributed by atoms with E-state index in [9.17, 15) is 8.42 Å². The van der Waals surface area contributed by atoms with E-state index in [1.54, 1.807) is 19.3 Å². The molecule has 1 aromatic carbocycles. The maximum atomic E-state index is 12.6. The van der Waals surface area contributed by atoms with E-state index in [0.717, 1.165) is 5.56 Å². The summed E-state index contributed by atoms with van der Waals surface area (Å²) in [6.45, 7) is 1.86. The van der Waals surface area contributed by atoms with E-state index >= 15 is 0 Å². The van der Waals surface area contributed by atoms with Gasteiger partial charge in [0.2, 0.25) is 10.0 Å². The van der Waals surface area contributed by atoms with Gasteiger partial charge >= 0.3 is 0 Å². The lowest BCUT2D eigenvalue weighted by Gasteiger charge is -2.24. The van der Waals surface area contributed by atoms with Crippen LogP contribution in [0.15, 0.2) is 58.2 Å². The van der Waals surface area contributed by atoms with Crippen LogP contribution >= 0.6 is 15.9 Å². The van der Waals surface area contributed by atoms with Crippen molar-refractivity contribution >= 4 is 26.0 Å². The van der Waals surface area contributed by atoms with Crippen molar-refractivity contribution in [3.63, 3.8) is 0 Å². The molecule has 20 heavy (non-hydrogen) atoms. The molecule has 6 heteroatoms. The number of sulfonamides is 1. The third-order valence-corrected chi connectivity index (χ3v) is 5.51. The van der Waals surface area contributed by atoms with Crippen LogP contribution in [-0.2, 0) is 10.0 Å². The quantitative estimate of drug-likeness (QED) is 0.846. The van der Waals surface area contributed by atoms with E-state index < -0.39 is 10.0 Å². The molecule has 0 spiro atoms. The zero-order chi connectivity index (χ0) is 14.8. The Labute approximate surface area is 127 Å².